The Morgan fingerprint density at radius 1 is 1.26 bits per heavy atom. The maximum absolute atomic E-state index is 12.9. The van der Waals surface area contributed by atoms with Gasteiger partial charge in [0.2, 0.25) is 0 Å². The number of aryl methyl sites for hydroxylation is 1. The highest BCUT2D eigenvalue weighted by molar-refractivity contribution is 5.47. The molecule has 3 aromatic rings. The van der Waals surface area contributed by atoms with Gasteiger partial charge in [-0.15, -0.1) is 0 Å². The molecule has 0 atom stereocenters. The molecular weight excluding hydrogens is 247 g/mol. The minimum absolute atomic E-state index is 0.270. The molecule has 2 heterocycles. The van der Waals surface area contributed by atoms with Crippen molar-refractivity contribution in [3.05, 3.63) is 48.4 Å². The smallest absolute Gasteiger partial charge is 0.278 e. The summed E-state index contributed by atoms with van der Waals surface area (Å²) in [5.41, 5.74) is 1.41. The molecular formula is C13H11FN4O. The van der Waals surface area contributed by atoms with Gasteiger partial charge in [-0.25, -0.2) is 9.37 Å². The molecule has 0 bridgehead atoms. The Kier molecular flexibility index (Phi) is 2.83. The van der Waals surface area contributed by atoms with Crippen LogP contribution in [0.15, 0.2) is 41.3 Å². The highest BCUT2D eigenvalue weighted by Gasteiger charge is 2.11. The summed E-state index contributed by atoms with van der Waals surface area (Å²) in [4.78, 5) is 8.41. The quantitative estimate of drug-likeness (QED) is 0.724. The molecule has 0 fully saturated rings. The minimum Gasteiger partial charge on any atom is -0.332 e. The number of halogens is 1. The van der Waals surface area contributed by atoms with Crippen molar-refractivity contribution in [1.82, 2.24) is 19.7 Å². The Balaban J connectivity index is 1.92. The summed E-state index contributed by atoms with van der Waals surface area (Å²) in [6.07, 6.45) is 4.10. The Morgan fingerprint density at radius 2 is 2.05 bits per heavy atom. The van der Waals surface area contributed by atoms with Crippen LogP contribution in [0.25, 0.3) is 17.3 Å². The topological polar surface area (TPSA) is 56.7 Å². The fourth-order valence-electron chi connectivity index (χ4n) is 1.69. The van der Waals surface area contributed by atoms with Crippen LogP contribution in [0, 0.1) is 5.82 Å². The lowest BCUT2D eigenvalue weighted by molar-refractivity contribution is 0.422. The first-order chi connectivity index (χ1) is 9.26. The van der Waals surface area contributed by atoms with Gasteiger partial charge in [0.05, 0.1) is 0 Å². The molecule has 0 saturated heterocycles. The molecule has 96 valence electrons. The molecule has 0 saturated carbocycles. The summed E-state index contributed by atoms with van der Waals surface area (Å²) < 4.78 is 19.7. The van der Waals surface area contributed by atoms with Gasteiger partial charge in [-0.3, -0.25) is 0 Å². The molecule has 0 spiro atoms. The minimum atomic E-state index is -0.270. The molecule has 5 nitrogen and oxygen atoms in total. The highest BCUT2D eigenvalue weighted by atomic mass is 19.1. The molecule has 0 unspecified atom stereocenters. The zero-order chi connectivity index (χ0) is 13.2. The van der Waals surface area contributed by atoms with E-state index >= 15 is 0 Å². The summed E-state index contributed by atoms with van der Waals surface area (Å²) in [5, 5.41) is 3.82. The van der Waals surface area contributed by atoms with Crippen LogP contribution < -0.4 is 0 Å². The fraction of sp³-hybridized carbons (Fsp3) is 0.154. The van der Waals surface area contributed by atoms with Crippen molar-refractivity contribution >= 4 is 0 Å². The van der Waals surface area contributed by atoms with Crippen molar-refractivity contribution in [3.63, 3.8) is 0 Å². The number of benzene rings is 1. The van der Waals surface area contributed by atoms with Gasteiger partial charge in [0.1, 0.15) is 17.8 Å². The molecule has 0 aliphatic carbocycles. The largest absolute Gasteiger partial charge is 0.332 e. The predicted molar refractivity (Wildman–Crippen MR) is 66.2 cm³/mol. The average Bonchev–Trinajstić information content (AvgIpc) is 3.08. The summed E-state index contributed by atoms with van der Waals surface area (Å²) >= 11 is 0. The Bertz CT molecular complexity index is 687. The van der Waals surface area contributed by atoms with E-state index in [0.717, 1.165) is 5.69 Å². The van der Waals surface area contributed by atoms with E-state index in [9.17, 15) is 4.39 Å². The Morgan fingerprint density at radius 3 is 2.74 bits per heavy atom. The molecule has 6 heteroatoms. The number of hydrogen-bond acceptors (Lipinski definition) is 4. The molecule has 1 aromatic carbocycles. The molecule has 0 aliphatic rings. The Labute approximate surface area is 108 Å². The lowest BCUT2D eigenvalue weighted by Gasteiger charge is -1.99. The molecule has 0 amide bonds. The van der Waals surface area contributed by atoms with E-state index in [0.29, 0.717) is 23.8 Å². The molecule has 19 heavy (non-hydrogen) atoms. The molecule has 0 aliphatic heterocycles. The third kappa shape index (κ3) is 2.24. The van der Waals surface area contributed by atoms with Gasteiger partial charge < -0.3 is 9.09 Å². The van der Waals surface area contributed by atoms with Gasteiger partial charge in [0.25, 0.3) is 5.89 Å². The summed E-state index contributed by atoms with van der Waals surface area (Å²) in [5.74, 6) is 0.762. The fourth-order valence-corrected chi connectivity index (χ4v) is 1.69. The Hall–Kier alpha value is -2.50. The number of hydrogen-bond donors (Lipinski definition) is 0. The van der Waals surface area contributed by atoms with Crippen LogP contribution in [-0.4, -0.2) is 19.7 Å². The third-order valence-corrected chi connectivity index (χ3v) is 2.71. The second-order valence-corrected chi connectivity index (χ2v) is 4.01. The van der Waals surface area contributed by atoms with Crippen molar-refractivity contribution in [2.75, 3.05) is 0 Å². The molecule has 2 aromatic heterocycles. The van der Waals surface area contributed by atoms with Crippen molar-refractivity contribution in [2.45, 2.75) is 13.3 Å². The second-order valence-electron chi connectivity index (χ2n) is 4.01. The number of rotatable bonds is 3. The van der Waals surface area contributed by atoms with Gasteiger partial charge in [0, 0.05) is 18.3 Å². The van der Waals surface area contributed by atoms with Crippen LogP contribution in [0.3, 0.4) is 0 Å². The van der Waals surface area contributed by atoms with Gasteiger partial charge in [0.15, 0.2) is 5.82 Å². The summed E-state index contributed by atoms with van der Waals surface area (Å²) in [7, 11) is 0. The van der Waals surface area contributed by atoms with E-state index < -0.39 is 0 Å². The van der Waals surface area contributed by atoms with Gasteiger partial charge in [-0.1, -0.05) is 12.1 Å². The van der Waals surface area contributed by atoms with E-state index in [1.807, 2.05) is 6.92 Å². The summed E-state index contributed by atoms with van der Waals surface area (Å²) in [6, 6.07) is 6.14. The molecule has 0 radical (unpaired) electrons. The van der Waals surface area contributed by atoms with Crippen LogP contribution in [0.2, 0.25) is 0 Å². The molecule has 0 N–H and O–H groups in total. The average molecular weight is 258 g/mol. The summed E-state index contributed by atoms with van der Waals surface area (Å²) in [6.45, 7) is 1.95. The van der Waals surface area contributed by atoms with Crippen LogP contribution in [0.5, 0.6) is 0 Å². The zero-order valence-corrected chi connectivity index (χ0v) is 10.2. The van der Waals surface area contributed by atoms with E-state index in [1.165, 1.54) is 12.1 Å². The van der Waals surface area contributed by atoms with Crippen LogP contribution in [0.1, 0.15) is 12.7 Å². The van der Waals surface area contributed by atoms with E-state index in [4.69, 9.17) is 4.52 Å². The lowest BCUT2D eigenvalue weighted by Crippen LogP contribution is -1.89. The van der Waals surface area contributed by atoms with Crippen molar-refractivity contribution in [2.24, 2.45) is 0 Å². The van der Waals surface area contributed by atoms with Crippen molar-refractivity contribution in [3.8, 4) is 17.3 Å². The molecule has 3 rings (SSSR count). The third-order valence-electron chi connectivity index (χ3n) is 2.71. The van der Waals surface area contributed by atoms with Gasteiger partial charge >= 0.3 is 0 Å². The normalized spacial score (nSPS) is 10.8. The second kappa shape index (κ2) is 4.64. The standard InChI is InChI=1S/C13H11FN4O/c1-2-12-16-13(19-17-12)11-7-18(8-15-11)10-5-3-9(14)4-6-10/h3-8H,2H2,1H3. The van der Waals surface area contributed by atoms with Crippen LogP contribution in [0.4, 0.5) is 4.39 Å². The van der Waals surface area contributed by atoms with Crippen molar-refractivity contribution < 1.29 is 8.91 Å². The first-order valence-electron chi connectivity index (χ1n) is 5.89. The monoisotopic (exact) mass is 258 g/mol. The number of nitrogens with zero attached hydrogens (tertiary/aromatic N) is 4. The predicted octanol–water partition coefficient (Wildman–Crippen LogP) is 2.62. The number of aromatic nitrogens is 4. The maximum Gasteiger partial charge on any atom is 0.278 e. The van der Waals surface area contributed by atoms with E-state index in [2.05, 4.69) is 15.1 Å². The van der Waals surface area contributed by atoms with E-state index in [1.54, 1.807) is 29.2 Å². The maximum atomic E-state index is 12.9. The van der Waals surface area contributed by atoms with Crippen LogP contribution >= 0.6 is 0 Å². The van der Waals surface area contributed by atoms with Gasteiger partial charge in [-0.2, -0.15) is 4.98 Å². The SMILES string of the molecule is CCc1noc(-c2cn(-c3ccc(F)cc3)cn2)n1. The van der Waals surface area contributed by atoms with Gasteiger partial charge in [-0.05, 0) is 24.3 Å². The first kappa shape index (κ1) is 11.6. The van der Waals surface area contributed by atoms with Crippen molar-refractivity contribution in [1.29, 1.82) is 0 Å². The number of imidazole rings is 1. The lowest BCUT2D eigenvalue weighted by atomic mass is 10.3. The van der Waals surface area contributed by atoms with E-state index in [-0.39, 0.29) is 5.82 Å². The highest BCUT2D eigenvalue weighted by Crippen LogP contribution is 2.17. The first-order valence-corrected chi connectivity index (χ1v) is 5.89. The van der Waals surface area contributed by atoms with Crippen LogP contribution in [-0.2, 0) is 6.42 Å². The zero-order valence-electron chi connectivity index (χ0n) is 10.2.